The van der Waals surface area contributed by atoms with Crippen molar-refractivity contribution in [2.24, 2.45) is 5.92 Å². The maximum Gasteiger partial charge on any atom is 0.321 e. The van der Waals surface area contributed by atoms with Crippen molar-refractivity contribution in [1.82, 2.24) is 9.80 Å². The fourth-order valence-corrected chi connectivity index (χ4v) is 2.77. The summed E-state index contributed by atoms with van der Waals surface area (Å²) in [6, 6.07) is 6.70. The van der Waals surface area contributed by atoms with E-state index in [1.807, 2.05) is 0 Å². The molecule has 26 heavy (non-hydrogen) atoms. The minimum atomic E-state index is -0.385. The average molecular weight is 384 g/mol. The van der Waals surface area contributed by atoms with Gasteiger partial charge in [0.1, 0.15) is 0 Å². The van der Waals surface area contributed by atoms with Crippen LogP contribution in [0.2, 0.25) is 5.02 Å². The van der Waals surface area contributed by atoms with Gasteiger partial charge in [-0.25, -0.2) is 4.79 Å². The van der Waals surface area contributed by atoms with Gasteiger partial charge in [-0.2, -0.15) is 0 Å². The average Bonchev–Trinajstić information content (AvgIpc) is 2.65. The van der Waals surface area contributed by atoms with Crippen molar-refractivity contribution >= 4 is 29.3 Å². The van der Waals surface area contributed by atoms with E-state index in [4.69, 9.17) is 16.3 Å². The topological polar surface area (TPSA) is 61.9 Å². The third-order valence-corrected chi connectivity index (χ3v) is 4.53. The Morgan fingerprint density at radius 1 is 1.15 bits per heavy atom. The lowest BCUT2D eigenvalue weighted by Gasteiger charge is -2.27. The van der Waals surface area contributed by atoms with Gasteiger partial charge < -0.3 is 19.9 Å². The summed E-state index contributed by atoms with van der Waals surface area (Å²) in [7, 11) is 1.36. The summed E-state index contributed by atoms with van der Waals surface area (Å²) >= 11 is 5.88. The number of halogens is 1. The van der Waals surface area contributed by atoms with Crippen LogP contribution in [0.1, 0.15) is 27.2 Å². The second-order valence-electron chi connectivity index (χ2n) is 6.19. The lowest BCUT2D eigenvalue weighted by Crippen LogP contribution is -2.41. The van der Waals surface area contributed by atoms with E-state index in [0.29, 0.717) is 23.8 Å². The number of nitrogens with one attached hydrogen (secondary N) is 1. The number of benzene rings is 1. The van der Waals surface area contributed by atoms with Crippen LogP contribution < -0.4 is 5.32 Å². The van der Waals surface area contributed by atoms with Crippen LogP contribution in [0, 0.1) is 5.92 Å². The fourth-order valence-electron chi connectivity index (χ4n) is 2.64. The van der Waals surface area contributed by atoms with Crippen molar-refractivity contribution in [2.75, 3.05) is 45.2 Å². The Balaban J connectivity index is 2.72. The minimum absolute atomic E-state index is 0.234. The summed E-state index contributed by atoms with van der Waals surface area (Å²) in [6.45, 7) is 9.74. The highest BCUT2D eigenvalue weighted by atomic mass is 35.5. The van der Waals surface area contributed by atoms with Gasteiger partial charge in [0.05, 0.1) is 13.0 Å². The SMILES string of the molecule is CCN(CC)CCCN(CC(C)C(=O)OC)C(=O)Nc1ccc(Cl)cc1. The van der Waals surface area contributed by atoms with Crippen molar-refractivity contribution < 1.29 is 14.3 Å². The Hall–Kier alpha value is -1.79. The monoisotopic (exact) mass is 383 g/mol. The van der Waals surface area contributed by atoms with E-state index in [1.165, 1.54) is 7.11 Å². The normalized spacial score (nSPS) is 11.9. The summed E-state index contributed by atoms with van der Waals surface area (Å²) in [5, 5.41) is 3.47. The molecule has 0 radical (unpaired) electrons. The standard InChI is InChI=1S/C19H30ClN3O3/c1-5-22(6-2)12-7-13-23(14-15(3)18(24)26-4)19(25)21-17-10-8-16(20)9-11-17/h8-11,15H,5-7,12-14H2,1-4H3,(H,21,25). The summed E-state index contributed by atoms with van der Waals surface area (Å²) in [5.74, 6) is -0.706. The van der Waals surface area contributed by atoms with Crippen LogP contribution in [-0.2, 0) is 9.53 Å². The van der Waals surface area contributed by atoms with Gasteiger partial charge in [-0.15, -0.1) is 0 Å². The third kappa shape index (κ3) is 7.62. The van der Waals surface area contributed by atoms with E-state index in [2.05, 4.69) is 24.1 Å². The molecule has 0 saturated heterocycles. The first-order chi connectivity index (χ1) is 12.4. The molecule has 1 atom stereocenters. The summed E-state index contributed by atoms with van der Waals surface area (Å²) < 4.78 is 4.78. The highest BCUT2D eigenvalue weighted by molar-refractivity contribution is 6.30. The van der Waals surface area contributed by atoms with E-state index in [-0.39, 0.29) is 17.9 Å². The maximum absolute atomic E-state index is 12.7. The maximum atomic E-state index is 12.7. The molecule has 0 saturated carbocycles. The molecule has 0 aliphatic heterocycles. The zero-order chi connectivity index (χ0) is 19.5. The molecule has 0 aliphatic carbocycles. The van der Waals surface area contributed by atoms with Crippen molar-refractivity contribution in [2.45, 2.75) is 27.2 Å². The van der Waals surface area contributed by atoms with Crippen LogP contribution in [0.25, 0.3) is 0 Å². The molecule has 1 aromatic carbocycles. The van der Waals surface area contributed by atoms with E-state index >= 15 is 0 Å². The molecule has 0 aromatic heterocycles. The first kappa shape index (κ1) is 22.3. The fraction of sp³-hybridized carbons (Fsp3) is 0.579. The highest BCUT2D eigenvalue weighted by Crippen LogP contribution is 2.14. The van der Waals surface area contributed by atoms with Crippen LogP contribution in [0.15, 0.2) is 24.3 Å². The first-order valence-corrected chi connectivity index (χ1v) is 9.40. The number of urea groups is 1. The summed E-state index contributed by atoms with van der Waals surface area (Å²) in [6.07, 6.45) is 0.837. The van der Waals surface area contributed by atoms with Crippen LogP contribution in [0.3, 0.4) is 0 Å². The lowest BCUT2D eigenvalue weighted by molar-refractivity contribution is -0.145. The molecule has 0 heterocycles. The number of rotatable bonds is 10. The predicted molar refractivity (Wildman–Crippen MR) is 106 cm³/mol. The number of carbonyl (C=O) groups is 2. The molecule has 6 nitrogen and oxygen atoms in total. The van der Waals surface area contributed by atoms with Gasteiger partial charge in [-0.05, 0) is 50.3 Å². The smallest absolute Gasteiger partial charge is 0.321 e. The number of anilines is 1. The van der Waals surface area contributed by atoms with Gasteiger partial charge in [0, 0.05) is 23.8 Å². The van der Waals surface area contributed by atoms with Gasteiger partial charge in [-0.3, -0.25) is 4.79 Å². The van der Waals surface area contributed by atoms with E-state index in [1.54, 1.807) is 36.1 Å². The Morgan fingerprint density at radius 2 is 1.77 bits per heavy atom. The van der Waals surface area contributed by atoms with Gasteiger partial charge in [-0.1, -0.05) is 32.4 Å². The number of amides is 2. The van der Waals surface area contributed by atoms with Crippen molar-refractivity contribution in [3.8, 4) is 0 Å². The number of methoxy groups -OCH3 is 1. The zero-order valence-electron chi connectivity index (χ0n) is 16.1. The molecule has 0 bridgehead atoms. The number of hydrogen-bond acceptors (Lipinski definition) is 4. The summed E-state index contributed by atoms with van der Waals surface area (Å²) in [4.78, 5) is 28.4. The Bertz CT molecular complexity index is 562. The molecule has 146 valence electrons. The zero-order valence-corrected chi connectivity index (χ0v) is 16.9. The molecular weight excluding hydrogens is 354 g/mol. The highest BCUT2D eigenvalue weighted by Gasteiger charge is 2.21. The number of hydrogen-bond donors (Lipinski definition) is 1. The molecule has 1 aromatic rings. The molecule has 0 spiro atoms. The molecule has 2 amide bonds. The molecule has 1 N–H and O–H groups in total. The quantitative estimate of drug-likeness (QED) is 0.625. The third-order valence-electron chi connectivity index (χ3n) is 4.28. The van der Waals surface area contributed by atoms with Gasteiger partial charge in [0.15, 0.2) is 0 Å². The van der Waals surface area contributed by atoms with E-state index in [0.717, 1.165) is 26.1 Å². The van der Waals surface area contributed by atoms with E-state index < -0.39 is 0 Å². The molecular formula is C19H30ClN3O3. The van der Waals surface area contributed by atoms with Crippen molar-refractivity contribution in [1.29, 1.82) is 0 Å². The molecule has 7 heteroatoms. The van der Waals surface area contributed by atoms with Crippen molar-refractivity contribution in [3.63, 3.8) is 0 Å². The molecule has 0 fully saturated rings. The second-order valence-corrected chi connectivity index (χ2v) is 6.62. The Kier molecular flexibility index (Phi) is 10.1. The van der Waals surface area contributed by atoms with Crippen LogP contribution in [0.4, 0.5) is 10.5 Å². The number of ether oxygens (including phenoxy) is 1. The van der Waals surface area contributed by atoms with Gasteiger partial charge in [0.25, 0.3) is 0 Å². The number of esters is 1. The molecule has 0 aliphatic rings. The molecule has 1 unspecified atom stereocenters. The number of carbonyl (C=O) groups excluding carboxylic acids is 2. The van der Waals surface area contributed by atoms with Gasteiger partial charge in [0.2, 0.25) is 0 Å². The van der Waals surface area contributed by atoms with Crippen LogP contribution in [0.5, 0.6) is 0 Å². The number of nitrogens with zero attached hydrogens (tertiary/aromatic N) is 2. The summed E-state index contributed by atoms with van der Waals surface area (Å²) in [5.41, 5.74) is 0.666. The van der Waals surface area contributed by atoms with Crippen LogP contribution in [-0.4, -0.2) is 61.6 Å². The second kappa shape index (κ2) is 11.8. The van der Waals surface area contributed by atoms with Crippen LogP contribution >= 0.6 is 11.6 Å². The first-order valence-electron chi connectivity index (χ1n) is 9.02. The molecule has 1 rings (SSSR count). The van der Waals surface area contributed by atoms with E-state index in [9.17, 15) is 9.59 Å². The lowest BCUT2D eigenvalue weighted by atomic mass is 10.1. The largest absolute Gasteiger partial charge is 0.469 e. The van der Waals surface area contributed by atoms with Crippen molar-refractivity contribution in [3.05, 3.63) is 29.3 Å². The Morgan fingerprint density at radius 3 is 2.31 bits per heavy atom. The Labute approximate surface area is 161 Å². The minimum Gasteiger partial charge on any atom is -0.469 e. The predicted octanol–water partition coefficient (Wildman–Crippen LogP) is 3.71. The van der Waals surface area contributed by atoms with Gasteiger partial charge >= 0.3 is 12.0 Å².